The topological polar surface area (TPSA) is 93.9 Å². The summed E-state index contributed by atoms with van der Waals surface area (Å²) in [5, 5.41) is 0. The van der Waals surface area contributed by atoms with Crippen molar-refractivity contribution in [1.29, 1.82) is 0 Å². The number of benzene rings is 1. The minimum absolute atomic E-state index is 0.105. The van der Waals surface area contributed by atoms with E-state index in [-0.39, 0.29) is 22.9 Å². The molecule has 0 saturated carbocycles. The zero-order valence-corrected chi connectivity index (χ0v) is 14.1. The highest BCUT2D eigenvalue weighted by molar-refractivity contribution is 7.90. The average molecular weight is 351 g/mol. The second kappa shape index (κ2) is 7.31. The van der Waals surface area contributed by atoms with Gasteiger partial charge in [-0.2, -0.15) is 0 Å². The van der Waals surface area contributed by atoms with Crippen molar-refractivity contribution >= 4 is 21.7 Å². The number of rotatable bonds is 6. The summed E-state index contributed by atoms with van der Waals surface area (Å²) in [5.41, 5.74) is 0.170. The fourth-order valence-electron chi connectivity index (χ4n) is 1.88. The van der Waals surface area contributed by atoms with Gasteiger partial charge in [0, 0.05) is 13.3 Å². The van der Waals surface area contributed by atoms with Crippen molar-refractivity contribution in [3.05, 3.63) is 54.0 Å². The molecule has 0 aliphatic carbocycles. The first kappa shape index (κ1) is 17.7. The molecule has 0 aliphatic heterocycles. The van der Waals surface area contributed by atoms with Gasteiger partial charge < -0.3 is 14.1 Å². The van der Waals surface area contributed by atoms with E-state index in [4.69, 9.17) is 9.15 Å². The lowest BCUT2D eigenvalue weighted by atomic mass is 10.2. The Bertz CT molecular complexity index is 809. The molecule has 0 bridgehead atoms. The van der Waals surface area contributed by atoms with Crippen molar-refractivity contribution < 1.29 is 27.2 Å². The Morgan fingerprint density at radius 1 is 1.17 bits per heavy atom. The lowest BCUT2D eigenvalue weighted by Gasteiger charge is -2.15. The van der Waals surface area contributed by atoms with Gasteiger partial charge >= 0.3 is 5.97 Å². The highest BCUT2D eigenvalue weighted by atomic mass is 32.2. The van der Waals surface area contributed by atoms with E-state index >= 15 is 0 Å². The third-order valence-corrected chi connectivity index (χ3v) is 4.37. The number of amides is 1. The molecule has 1 aromatic heterocycles. The third kappa shape index (κ3) is 4.69. The van der Waals surface area contributed by atoms with Gasteiger partial charge in [0.1, 0.15) is 5.76 Å². The third-order valence-electron chi connectivity index (χ3n) is 3.24. The molecule has 1 amide bonds. The molecule has 8 heteroatoms. The maximum Gasteiger partial charge on any atom is 0.338 e. The van der Waals surface area contributed by atoms with Crippen LogP contribution in [-0.2, 0) is 25.9 Å². The monoisotopic (exact) mass is 351 g/mol. The molecule has 0 unspecified atom stereocenters. The van der Waals surface area contributed by atoms with E-state index in [0.717, 1.165) is 6.26 Å². The molecule has 0 saturated heterocycles. The molecular weight excluding hydrogens is 334 g/mol. The lowest BCUT2D eigenvalue weighted by Crippen LogP contribution is -2.30. The van der Waals surface area contributed by atoms with E-state index in [2.05, 4.69) is 0 Å². The van der Waals surface area contributed by atoms with Crippen LogP contribution in [0.15, 0.2) is 52.0 Å². The van der Waals surface area contributed by atoms with Gasteiger partial charge in [-0.15, -0.1) is 0 Å². The van der Waals surface area contributed by atoms with E-state index in [0.29, 0.717) is 5.76 Å². The number of hydrogen-bond acceptors (Lipinski definition) is 6. The minimum atomic E-state index is -3.33. The molecular formula is C16H17NO6S. The highest BCUT2D eigenvalue weighted by Gasteiger charge is 2.15. The Kier molecular flexibility index (Phi) is 5.40. The van der Waals surface area contributed by atoms with Crippen molar-refractivity contribution in [1.82, 2.24) is 4.90 Å². The van der Waals surface area contributed by atoms with Crippen molar-refractivity contribution in [2.45, 2.75) is 11.4 Å². The molecule has 128 valence electrons. The van der Waals surface area contributed by atoms with Crippen LogP contribution in [-0.4, -0.2) is 45.1 Å². The maximum atomic E-state index is 11.9. The summed E-state index contributed by atoms with van der Waals surface area (Å²) < 4.78 is 32.8. The molecule has 2 rings (SSSR count). The fourth-order valence-corrected chi connectivity index (χ4v) is 2.51. The first-order chi connectivity index (χ1) is 11.3. The summed E-state index contributed by atoms with van der Waals surface area (Å²) in [6, 6.07) is 8.77. The van der Waals surface area contributed by atoms with Gasteiger partial charge in [0.15, 0.2) is 16.4 Å². The number of nitrogens with zero attached hydrogens (tertiary/aromatic N) is 1. The Hall–Kier alpha value is -2.61. The molecule has 1 aromatic carbocycles. The van der Waals surface area contributed by atoms with E-state index in [1.165, 1.54) is 35.4 Å². The van der Waals surface area contributed by atoms with Crippen LogP contribution >= 0.6 is 0 Å². The number of sulfone groups is 1. The summed E-state index contributed by atoms with van der Waals surface area (Å²) in [4.78, 5) is 25.3. The van der Waals surface area contributed by atoms with E-state index in [1.54, 1.807) is 19.2 Å². The number of carbonyl (C=O) groups excluding carboxylic acids is 2. The zero-order chi connectivity index (χ0) is 17.7. The SMILES string of the molecule is CN(Cc1ccco1)C(=O)COC(=O)c1ccc(S(C)(=O)=O)cc1. The summed E-state index contributed by atoms with van der Waals surface area (Å²) in [5.74, 6) is -0.462. The average Bonchev–Trinajstić information content (AvgIpc) is 3.04. The largest absolute Gasteiger partial charge is 0.467 e. The predicted molar refractivity (Wildman–Crippen MR) is 85.0 cm³/mol. The first-order valence-electron chi connectivity index (χ1n) is 7.01. The normalized spacial score (nSPS) is 11.1. The van der Waals surface area contributed by atoms with Gasteiger partial charge in [-0.3, -0.25) is 4.79 Å². The zero-order valence-electron chi connectivity index (χ0n) is 13.3. The van der Waals surface area contributed by atoms with E-state index in [9.17, 15) is 18.0 Å². The number of ether oxygens (including phenoxy) is 1. The maximum absolute atomic E-state index is 11.9. The lowest BCUT2D eigenvalue weighted by molar-refractivity contribution is -0.133. The van der Waals surface area contributed by atoms with Crippen LogP contribution in [0.2, 0.25) is 0 Å². The molecule has 0 spiro atoms. The van der Waals surface area contributed by atoms with Crippen LogP contribution in [0.1, 0.15) is 16.1 Å². The smallest absolute Gasteiger partial charge is 0.338 e. The number of carbonyl (C=O) groups is 2. The van der Waals surface area contributed by atoms with Crippen molar-refractivity contribution in [3.8, 4) is 0 Å². The van der Waals surface area contributed by atoms with Crippen LogP contribution in [0.25, 0.3) is 0 Å². The summed E-state index contributed by atoms with van der Waals surface area (Å²) >= 11 is 0. The van der Waals surface area contributed by atoms with Crippen molar-refractivity contribution in [2.24, 2.45) is 0 Å². The molecule has 24 heavy (non-hydrogen) atoms. The van der Waals surface area contributed by atoms with Gasteiger partial charge in [0.25, 0.3) is 5.91 Å². The molecule has 0 radical (unpaired) electrons. The van der Waals surface area contributed by atoms with E-state index in [1.807, 2.05) is 0 Å². The number of furan rings is 1. The number of esters is 1. The molecule has 0 fully saturated rings. The number of likely N-dealkylation sites (N-methyl/N-ethyl adjacent to an activating group) is 1. The standard InChI is InChI=1S/C16H17NO6S/c1-17(10-13-4-3-9-22-13)15(18)11-23-16(19)12-5-7-14(8-6-12)24(2,20)21/h3-9H,10-11H2,1-2H3. The quantitative estimate of drug-likeness (QED) is 0.732. The summed E-state index contributed by atoms with van der Waals surface area (Å²) in [6.45, 7) is -0.143. The van der Waals surface area contributed by atoms with Gasteiger partial charge in [0.05, 0.1) is 23.3 Å². The highest BCUT2D eigenvalue weighted by Crippen LogP contribution is 2.11. The molecule has 0 aliphatic rings. The van der Waals surface area contributed by atoms with Crippen molar-refractivity contribution in [2.75, 3.05) is 19.9 Å². The Morgan fingerprint density at radius 2 is 1.83 bits per heavy atom. The summed E-state index contributed by atoms with van der Waals surface area (Å²) in [7, 11) is -1.76. The van der Waals surface area contributed by atoms with E-state index < -0.39 is 22.4 Å². The van der Waals surface area contributed by atoms with Crippen molar-refractivity contribution in [3.63, 3.8) is 0 Å². The molecule has 1 heterocycles. The predicted octanol–water partition coefficient (Wildman–Crippen LogP) is 1.50. The summed E-state index contributed by atoms with van der Waals surface area (Å²) in [6.07, 6.45) is 2.59. The molecule has 0 N–H and O–H groups in total. The molecule has 0 atom stereocenters. The Labute approximate surface area is 139 Å². The first-order valence-corrected chi connectivity index (χ1v) is 8.90. The second-order valence-electron chi connectivity index (χ2n) is 5.20. The Balaban J connectivity index is 1.89. The second-order valence-corrected chi connectivity index (χ2v) is 7.22. The molecule has 2 aromatic rings. The van der Waals surface area contributed by atoms with Gasteiger partial charge in [0.2, 0.25) is 0 Å². The van der Waals surface area contributed by atoms with Crippen LogP contribution < -0.4 is 0 Å². The minimum Gasteiger partial charge on any atom is -0.467 e. The van der Waals surface area contributed by atoms with Crippen LogP contribution in [0, 0.1) is 0 Å². The van der Waals surface area contributed by atoms with Gasteiger partial charge in [-0.25, -0.2) is 13.2 Å². The van der Waals surface area contributed by atoms with Crippen LogP contribution in [0.4, 0.5) is 0 Å². The van der Waals surface area contributed by atoms with Crippen LogP contribution in [0.5, 0.6) is 0 Å². The van der Waals surface area contributed by atoms with Gasteiger partial charge in [-0.05, 0) is 36.4 Å². The fraction of sp³-hybridized carbons (Fsp3) is 0.250. The van der Waals surface area contributed by atoms with Gasteiger partial charge in [-0.1, -0.05) is 0 Å². The van der Waals surface area contributed by atoms with Crippen LogP contribution in [0.3, 0.4) is 0 Å². The molecule has 7 nitrogen and oxygen atoms in total. The number of hydrogen-bond donors (Lipinski definition) is 0. The Morgan fingerprint density at radius 3 is 2.38 bits per heavy atom.